The molecule has 48 heavy (non-hydrogen) atoms. The second kappa shape index (κ2) is 14.2. The number of hydrogen-bond acceptors (Lipinski definition) is 3. The standard InChI is InChI=1S/C22H29NO.C21H26N2O/c1-17-9-10-18-7-5-8-19(20(18)15-17)21(24)23-14-6-13-22(16-23)11-3-2-4-12-22;1-16-8-9-17-6-5-7-18(19(17)14-16)20(24)23-13-12-22-21(15-23)10-3-2-4-11-21/h8-10,15H,2-7,11-14,16H2,1H3;5-9,14,22H,2-4,10-13,15H2,1H3. The van der Waals surface area contributed by atoms with Gasteiger partial charge in [-0.05, 0) is 98.6 Å². The van der Waals surface area contributed by atoms with Gasteiger partial charge in [0.05, 0.1) is 0 Å². The Kier molecular flexibility index (Phi) is 9.78. The van der Waals surface area contributed by atoms with Crippen molar-refractivity contribution in [2.24, 2.45) is 5.41 Å². The van der Waals surface area contributed by atoms with Crippen LogP contribution in [0.25, 0.3) is 16.3 Å². The Morgan fingerprint density at radius 3 is 2.23 bits per heavy atom. The van der Waals surface area contributed by atoms with E-state index in [1.54, 1.807) is 0 Å². The lowest BCUT2D eigenvalue weighted by molar-refractivity contribution is -0.129. The molecule has 2 saturated carbocycles. The molecule has 0 unspecified atom stereocenters. The summed E-state index contributed by atoms with van der Waals surface area (Å²) in [6.45, 7) is 8.72. The molecule has 3 aliphatic carbocycles. The highest BCUT2D eigenvalue weighted by atomic mass is 16.2. The van der Waals surface area contributed by atoms with Crippen LogP contribution in [0.15, 0.2) is 60.7 Å². The fourth-order valence-electron chi connectivity index (χ4n) is 9.54. The molecule has 5 nitrogen and oxygen atoms in total. The highest BCUT2D eigenvalue weighted by Crippen LogP contribution is 2.44. The topological polar surface area (TPSA) is 52.7 Å². The third-order valence-corrected chi connectivity index (χ3v) is 12.2. The quantitative estimate of drug-likeness (QED) is 0.303. The summed E-state index contributed by atoms with van der Waals surface area (Å²) in [6, 6.07) is 19.0. The van der Waals surface area contributed by atoms with E-state index in [-0.39, 0.29) is 17.4 Å². The van der Waals surface area contributed by atoms with Gasteiger partial charge in [0.1, 0.15) is 0 Å². The number of piperidine rings is 1. The SMILES string of the molecule is Cc1ccc2c(c1)C(C(=O)N1CCCC3(CCCCC3)C1)=CCC2.Cc1ccc2cccc(C(=O)N3CCNC4(CCCCC4)C3)c2c1. The zero-order chi connectivity index (χ0) is 33.1. The summed E-state index contributed by atoms with van der Waals surface area (Å²) in [5.41, 5.74) is 7.38. The molecule has 0 aromatic heterocycles. The van der Waals surface area contributed by atoms with Crippen LogP contribution < -0.4 is 5.32 Å². The maximum atomic E-state index is 13.3. The number of carbonyl (C=O) groups excluding carboxylic acids is 2. The monoisotopic (exact) mass is 645 g/mol. The van der Waals surface area contributed by atoms with Gasteiger partial charge in [-0.1, -0.05) is 104 Å². The molecule has 4 fully saturated rings. The molecule has 3 aromatic rings. The van der Waals surface area contributed by atoms with E-state index in [2.05, 4.69) is 77.5 Å². The van der Waals surface area contributed by atoms with E-state index in [9.17, 15) is 9.59 Å². The van der Waals surface area contributed by atoms with Crippen LogP contribution in [0, 0.1) is 19.3 Å². The zero-order valence-electron chi connectivity index (χ0n) is 29.4. The summed E-state index contributed by atoms with van der Waals surface area (Å²) in [5, 5.41) is 5.95. The zero-order valence-corrected chi connectivity index (χ0v) is 29.4. The van der Waals surface area contributed by atoms with Crippen molar-refractivity contribution in [3.63, 3.8) is 0 Å². The van der Waals surface area contributed by atoms with Gasteiger partial charge < -0.3 is 15.1 Å². The van der Waals surface area contributed by atoms with Crippen LogP contribution in [0.4, 0.5) is 0 Å². The number of carbonyl (C=O) groups is 2. The number of nitrogens with one attached hydrogen (secondary N) is 1. The van der Waals surface area contributed by atoms with Gasteiger partial charge in [-0.3, -0.25) is 9.59 Å². The molecular weight excluding hydrogens is 590 g/mol. The normalized spacial score (nSPS) is 21.7. The number of nitrogens with zero attached hydrogens (tertiary/aromatic N) is 2. The molecule has 2 saturated heterocycles. The summed E-state index contributed by atoms with van der Waals surface area (Å²) in [4.78, 5) is 30.8. The van der Waals surface area contributed by atoms with Crippen molar-refractivity contribution < 1.29 is 9.59 Å². The second-order valence-electron chi connectivity index (χ2n) is 15.7. The number of allylic oxidation sites excluding steroid dienone is 1. The van der Waals surface area contributed by atoms with Crippen molar-refractivity contribution >= 4 is 28.2 Å². The first-order valence-corrected chi connectivity index (χ1v) is 19.0. The summed E-state index contributed by atoms with van der Waals surface area (Å²) >= 11 is 0. The van der Waals surface area contributed by atoms with Gasteiger partial charge in [0, 0.05) is 49.4 Å². The Morgan fingerprint density at radius 1 is 0.708 bits per heavy atom. The maximum absolute atomic E-state index is 13.3. The van der Waals surface area contributed by atoms with Crippen LogP contribution >= 0.6 is 0 Å². The minimum Gasteiger partial charge on any atom is -0.338 e. The molecule has 254 valence electrons. The van der Waals surface area contributed by atoms with Crippen LogP contribution in [-0.2, 0) is 11.2 Å². The Bertz CT molecular complexity index is 1670. The summed E-state index contributed by atoms with van der Waals surface area (Å²) in [5.74, 6) is 0.476. The fraction of sp³-hybridized carbons (Fsp3) is 0.535. The Morgan fingerprint density at radius 2 is 1.42 bits per heavy atom. The molecule has 2 spiro atoms. The molecule has 8 rings (SSSR count). The van der Waals surface area contributed by atoms with E-state index in [0.717, 1.165) is 67.5 Å². The lowest BCUT2D eigenvalue weighted by Crippen LogP contribution is -2.62. The molecule has 2 amide bonds. The third-order valence-electron chi connectivity index (χ3n) is 12.2. The number of likely N-dealkylation sites (tertiary alicyclic amines) is 1. The first-order chi connectivity index (χ1) is 23.3. The third kappa shape index (κ3) is 6.99. The predicted octanol–water partition coefficient (Wildman–Crippen LogP) is 8.79. The molecule has 2 aliphatic heterocycles. The van der Waals surface area contributed by atoms with E-state index < -0.39 is 0 Å². The highest BCUT2D eigenvalue weighted by Gasteiger charge is 2.40. The summed E-state index contributed by atoms with van der Waals surface area (Å²) in [7, 11) is 0. The molecule has 3 aromatic carbocycles. The van der Waals surface area contributed by atoms with Crippen LogP contribution in [0.3, 0.4) is 0 Å². The summed E-state index contributed by atoms with van der Waals surface area (Å²) in [6.07, 6.45) is 19.8. The van der Waals surface area contributed by atoms with Crippen molar-refractivity contribution in [3.05, 3.63) is 88.5 Å². The Balaban J connectivity index is 0.000000152. The summed E-state index contributed by atoms with van der Waals surface area (Å²) < 4.78 is 0. The van der Waals surface area contributed by atoms with Gasteiger partial charge in [-0.15, -0.1) is 0 Å². The largest absolute Gasteiger partial charge is 0.338 e. The Labute approximate surface area is 288 Å². The smallest absolute Gasteiger partial charge is 0.254 e. The number of hydrogen-bond donors (Lipinski definition) is 1. The van der Waals surface area contributed by atoms with Crippen LogP contribution in [0.2, 0.25) is 0 Å². The minimum atomic E-state index is 0.159. The van der Waals surface area contributed by atoms with Gasteiger partial charge in [0.25, 0.3) is 11.8 Å². The van der Waals surface area contributed by atoms with Crippen LogP contribution in [0.1, 0.15) is 116 Å². The van der Waals surface area contributed by atoms with Gasteiger partial charge >= 0.3 is 0 Å². The lowest BCUT2D eigenvalue weighted by atomic mass is 9.69. The molecule has 5 aliphatic rings. The maximum Gasteiger partial charge on any atom is 0.254 e. The number of piperazine rings is 1. The highest BCUT2D eigenvalue weighted by molar-refractivity contribution is 6.20. The lowest BCUT2D eigenvalue weighted by Gasteiger charge is -2.46. The van der Waals surface area contributed by atoms with E-state index >= 15 is 0 Å². The van der Waals surface area contributed by atoms with Gasteiger partial charge in [0.2, 0.25) is 0 Å². The molecule has 0 bridgehead atoms. The van der Waals surface area contributed by atoms with Crippen LogP contribution in [-0.4, -0.2) is 59.9 Å². The molecule has 0 atom stereocenters. The van der Waals surface area contributed by atoms with E-state index in [0.29, 0.717) is 5.41 Å². The van der Waals surface area contributed by atoms with Crippen molar-refractivity contribution in [2.75, 3.05) is 32.7 Å². The first-order valence-electron chi connectivity index (χ1n) is 19.0. The number of aryl methyl sites for hydroxylation is 3. The van der Waals surface area contributed by atoms with E-state index in [4.69, 9.17) is 0 Å². The first kappa shape index (κ1) is 33.1. The van der Waals surface area contributed by atoms with Crippen molar-refractivity contribution in [1.82, 2.24) is 15.1 Å². The number of fused-ring (bicyclic) bond motifs is 2. The second-order valence-corrected chi connectivity index (χ2v) is 15.7. The number of amides is 2. The molecule has 0 radical (unpaired) electrons. The van der Waals surface area contributed by atoms with Gasteiger partial charge in [-0.2, -0.15) is 0 Å². The minimum absolute atomic E-state index is 0.159. The fourth-order valence-corrected chi connectivity index (χ4v) is 9.54. The van der Waals surface area contributed by atoms with Crippen molar-refractivity contribution in [1.29, 1.82) is 0 Å². The molecule has 5 heteroatoms. The van der Waals surface area contributed by atoms with E-state index in [1.807, 2.05) is 12.1 Å². The van der Waals surface area contributed by atoms with Crippen LogP contribution in [0.5, 0.6) is 0 Å². The molecule has 1 N–H and O–H groups in total. The van der Waals surface area contributed by atoms with Crippen molar-refractivity contribution in [2.45, 2.75) is 109 Å². The van der Waals surface area contributed by atoms with E-state index in [1.165, 1.54) is 99.3 Å². The molecular formula is C43H55N3O2. The number of rotatable bonds is 2. The van der Waals surface area contributed by atoms with Crippen molar-refractivity contribution in [3.8, 4) is 0 Å². The number of benzene rings is 3. The predicted molar refractivity (Wildman–Crippen MR) is 197 cm³/mol. The molecule has 2 heterocycles. The average molecular weight is 646 g/mol. The van der Waals surface area contributed by atoms with Gasteiger partial charge in [0.15, 0.2) is 0 Å². The Hall–Kier alpha value is -3.44. The average Bonchev–Trinajstić information content (AvgIpc) is 3.11. The van der Waals surface area contributed by atoms with Gasteiger partial charge in [-0.25, -0.2) is 0 Å².